The van der Waals surface area contributed by atoms with Crippen molar-refractivity contribution in [3.05, 3.63) is 28.4 Å². The largest absolute Gasteiger partial charge is 0.443 e. The minimum Gasteiger partial charge on any atom is -0.443 e. The lowest BCUT2D eigenvalue weighted by atomic mass is 10.2. The molecule has 100 valence electrons. The molecule has 0 N–H and O–H groups in total. The molecule has 1 aromatic heterocycles. The van der Waals surface area contributed by atoms with Crippen molar-refractivity contribution in [1.29, 1.82) is 0 Å². The van der Waals surface area contributed by atoms with Gasteiger partial charge in [0, 0.05) is 26.4 Å². The molecular formula is C12H17FN2O3. The van der Waals surface area contributed by atoms with Gasteiger partial charge in [-0.15, -0.1) is 0 Å². The number of carbonyl (C=O) groups is 1. The molecule has 1 heterocycles. The molecule has 0 saturated carbocycles. The van der Waals surface area contributed by atoms with E-state index in [1.165, 1.54) is 14.1 Å². The molecule has 0 saturated heterocycles. The van der Waals surface area contributed by atoms with Gasteiger partial charge in [0.2, 0.25) is 0 Å². The van der Waals surface area contributed by atoms with Gasteiger partial charge in [-0.05, 0) is 20.8 Å². The van der Waals surface area contributed by atoms with Crippen LogP contribution in [0, 0.1) is 5.82 Å². The van der Waals surface area contributed by atoms with Crippen molar-refractivity contribution in [3.8, 4) is 0 Å². The minimum atomic E-state index is -0.704. The summed E-state index contributed by atoms with van der Waals surface area (Å²) in [5, 5.41) is 0. The number of ether oxygens (including phenoxy) is 1. The van der Waals surface area contributed by atoms with Gasteiger partial charge in [0.15, 0.2) is 0 Å². The Morgan fingerprint density at radius 2 is 2.00 bits per heavy atom. The predicted octanol–water partition coefficient (Wildman–Crippen LogP) is 1.90. The average molecular weight is 256 g/mol. The number of halogens is 1. The second kappa shape index (κ2) is 4.80. The highest BCUT2D eigenvalue weighted by Crippen LogP contribution is 2.14. The van der Waals surface area contributed by atoms with Gasteiger partial charge in [-0.3, -0.25) is 9.69 Å². The first kappa shape index (κ1) is 14.2. The number of rotatable bonds is 1. The zero-order chi connectivity index (χ0) is 14.1. The number of pyridine rings is 1. The van der Waals surface area contributed by atoms with Gasteiger partial charge < -0.3 is 9.30 Å². The van der Waals surface area contributed by atoms with Crippen LogP contribution in [0.2, 0.25) is 0 Å². The van der Waals surface area contributed by atoms with Gasteiger partial charge in [-0.25, -0.2) is 9.18 Å². The maximum atomic E-state index is 13.2. The maximum absolute atomic E-state index is 13.2. The monoisotopic (exact) mass is 256 g/mol. The highest BCUT2D eigenvalue weighted by molar-refractivity contribution is 5.86. The van der Waals surface area contributed by atoms with Crippen LogP contribution in [0.5, 0.6) is 0 Å². The summed E-state index contributed by atoms with van der Waals surface area (Å²) < 4.78 is 19.4. The first-order chi connectivity index (χ1) is 8.11. The van der Waals surface area contributed by atoms with Crippen LogP contribution in [0.3, 0.4) is 0 Å². The number of hydrogen-bond donors (Lipinski definition) is 0. The molecule has 0 aliphatic carbocycles. The number of carbonyl (C=O) groups excluding carboxylic acids is 1. The van der Waals surface area contributed by atoms with Crippen LogP contribution >= 0.6 is 0 Å². The number of aromatic nitrogens is 1. The Bertz CT molecular complexity index is 517. The Labute approximate surface area is 105 Å². The Balaban J connectivity index is 3.08. The van der Waals surface area contributed by atoms with Crippen LogP contribution in [0.15, 0.2) is 17.1 Å². The molecule has 0 aromatic carbocycles. The van der Waals surface area contributed by atoms with E-state index in [1.807, 2.05) is 0 Å². The molecule has 18 heavy (non-hydrogen) atoms. The lowest BCUT2D eigenvalue weighted by molar-refractivity contribution is 0.0589. The van der Waals surface area contributed by atoms with Crippen molar-refractivity contribution in [2.24, 2.45) is 7.05 Å². The van der Waals surface area contributed by atoms with Crippen molar-refractivity contribution >= 4 is 11.8 Å². The van der Waals surface area contributed by atoms with E-state index >= 15 is 0 Å². The molecule has 1 rings (SSSR count). The first-order valence-corrected chi connectivity index (χ1v) is 5.44. The molecule has 0 bridgehead atoms. The zero-order valence-corrected chi connectivity index (χ0v) is 11.2. The lowest BCUT2D eigenvalue weighted by Gasteiger charge is -2.24. The molecule has 0 spiro atoms. The van der Waals surface area contributed by atoms with Gasteiger partial charge in [0.1, 0.15) is 17.1 Å². The summed E-state index contributed by atoms with van der Waals surface area (Å²) in [6, 6.07) is 1.01. The Hall–Kier alpha value is -1.85. The van der Waals surface area contributed by atoms with Gasteiger partial charge >= 0.3 is 6.09 Å². The molecule has 0 fully saturated rings. The van der Waals surface area contributed by atoms with E-state index in [-0.39, 0.29) is 5.69 Å². The van der Waals surface area contributed by atoms with Crippen molar-refractivity contribution in [3.63, 3.8) is 0 Å². The number of amides is 1. The molecule has 0 aliphatic heterocycles. The van der Waals surface area contributed by atoms with Crippen molar-refractivity contribution < 1.29 is 13.9 Å². The smallest absolute Gasteiger partial charge is 0.414 e. The Morgan fingerprint density at radius 1 is 1.44 bits per heavy atom. The maximum Gasteiger partial charge on any atom is 0.414 e. The zero-order valence-electron chi connectivity index (χ0n) is 11.2. The van der Waals surface area contributed by atoms with Crippen molar-refractivity contribution in [2.45, 2.75) is 26.4 Å². The fourth-order valence-corrected chi connectivity index (χ4v) is 1.32. The number of anilines is 1. The molecular weight excluding hydrogens is 239 g/mol. The number of nitrogens with zero attached hydrogens (tertiary/aromatic N) is 2. The summed E-state index contributed by atoms with van der Waals surface area (Å²) in [6.45, 7) is 5.13. The van der Waals surface area contributed by atoms with E-state index in [4.69, 9.17) is 4.74 Å². The van der Waals surface area contributed by atoms with Crippen LogP contribution in [0.1, 0.15) is 20.8 Å². The SMILES string of the molecule is CN(C(=O)OC(C)(C)C)c1cc(F)cn(C)c1=O. The highest BCUT2D eigenvalue weighted by Gasteiger charge is 2.22. The molecule has 1 aromatic rings. The van der Waals surface area contributed by atoms with Gasteiger partial charge in [0.05, 0.1) is 0 Å². The third-order valence-electron chi connectivity index (χ3n) is 2.16. The van der Waals surface area contributed by atoms with Gasteiger partial charge in [-0.2, -0.15) is 0 Å². The Morgan fingerprint density at radius 3 is 2.50 bits per heavy atom. The van der Waals surface area contributed by atoms with Crippen LogP contribution in [-0.4, -0.2) is 23.3 Å². The van der Waals surface area contributed by atoms with E-state index < -0.39 is 23.1 Å². The molecule has 0 atom stereocenters. The van der Waals surface area contributed by atoms with E-state index in [0.29, 0.717) is 0 Å². The summed E-state index contributed by atoms with van der Waals surface area (Å²) in [6.07, 6.45) is 0.347. The minimum absolute atomic E-state index is 0.0632. The van der Waals surface area contributed by atoms with Crippen molar-refractivity contribution in [1.82, 2.24) is 4.57 Å². The van der Waals surface area contributed by atoms with Crippen LogP contribution in [0.25, 0.3) is 0 Å². The summed E-state index contributed by atoms with van der Waals surface area (Å²) in [4.78, 5) is 24.5. The number of aryl methyl sites for hydroxylation is 1. The van der Waals surface area contributed by atoms with Gasteiger partial charge in [0.25, 0.3) is 5.56 Å². The van der Waals surface area contributed by atoms with E-state index in [9.17, 15) is 14.0 Å². The third kappa shape index (κ3) is 3.32. The fourth-order valence-electron chi connectivity index (χ4n) is 1.32. The molecule has 0 radical (unpaired) electrons. The fraction of sp³-hybridized carbons (Fsp3) is 0.500. The van der Waals surface area contributed by atoms with Gasteiger partial charge in [-0.1, -0.05) is 0 Å². The van der Waals surface area contributed by atoms with Crippen LogP contribution in [0.4, 0.5) is 14.9 Å². The summed E-state index contributed by atoms with van der Waals surface area (Å²) in [5.74, 6) is -0.595. The quantitative estimate of drug-likeness (QED) is 0.771. The number of hydrogen-bond acceptors (Lipinski definition) is 3. The molecule has 1 amide bonds. The molecule has 5 nitrogen and oxygen atoms in total. The first-order valence-electron chi connectivity index (χ1n) is 5.44. The third-order valence-corrected chi connectivity index (χ3v) is 2.16. The Kier molecular flexibility index (Phi) is 3.79. The normalized spacial score (nSPS) is 11.2. The molecule has 0 unspecified atom stereocenters. The highest BCUT2D eigenvalue weighted by atomic mass is 19.1. The van der Waals surface area contributed by atoms with E-state index in [0.717, 1.165) is 21.7 Å². The van der Waals surface area contributed by atoms with Crippen molar-refractivity contribution in [2.75, 3.05) is 11.9 Å². The topological polar surface area (TPSA) is 51.5 Å². The second-order valence-electron chi connectivity index (χ2n) is 5.00. The van der Waals surface area contributed by atoms with E-state index in [2.05, 4.69) is 0 Å². The second-order valence-corrected chi connectivity index (χ2v) is 5.00. The van der Waals surface area contributed by atoms with E-state index in [1.54, 1.807) is 20.8 Å². The lowest BCUT2D eigenvalue weighted by Crippen LogP contribution is -2.37. The molecule has 0 aliphatic rings. The predicted molar refractivity (Wildman–Crippen MR) is 66.3 cm³/mol. The van der Waals surface area contributed by atoms with Crippen LogP contribution < -0.4 is 10.5 Å². The molecule has 6 heteroatoms. The average Bonchev–Trinajstić information content (AvgIpc) is 2.19. The van der Waals surface area contributed by atoms with Crippen LogP contribution in [-0.2, 0) is 11.8 Å². The standard InChI is InChI=1S/C12H17FN2O3/c1-12(2,3)18-11(17)15(5)9-6-8(13)7-14(4)10(9)16/h6-7H,1-5H3. The summed E-state index contributed by atoms with van der Waals surface area (Å²) in [7, 11) is 2.78. The summed E-state index contributed by atoms with van der Waals surface area (Å²) in [5.41, 5.74) is -1.21. The summed E-state index contributed by atoms with van der Waals surface area (Å²) >= 11 is 0.